The number of likely N-dealkylation sites (N-methyl/N-ethyl adjacent to an activating group) is 1. The molecule has 6 nitrogen and oxygen atoms in total. The van der Waals surface area contributed by atoms with Gasteiger partial charge in [0.05, 0.1) is 7.11 Å². The first-order chi connectivity index (χ1) is 10.4. The fourth-order valence-electron chi connectivity index (χ4n) is 2.55. The highest BCUT2D eigenvalue weighted by atomic mass is 19.1. The predicted octanol–water partition coefficient (Wildman–Crippen LogP) is 0.261. The first-order valence-electron chi connectivity index (χ1n) is 6.70. The number of hydrogen-bond acceptors (Lipinski definition) is 4. The van der Waals surface area contributed by atoms with Gasteiger partial charge in [-0.2, -0.15) is 0 Å². The van der Waals surface area contributed by atoms with Crippen molar-refractivity contribution in [3.63, 3.8) is 0 Å². The number of hydrogen-bond donors (Lipinski definition) is 2. The van der Waals surface area contributed by atoms with E-state index in [-0.39, 0.29) is 24.1 Å². The van der Waals surface area contributed by atoms with Gasteiger partial charge in [0.1, 0.15) is 6.04 Å². The van der Waals surface area contributed by atoms with Crippen LogP contribution in [0.1, 0.15) is 16.8 Å². The normalized spacial score (nSPS) is 20.9. The van der Waals surface area contributed by atoms with Crippen LogP contribution < -0.4 is 15.8 Å². The number of nitrogens with two attached hydrogens (primary N) is 1. The molecule has 22 heavy (non-hydrogen) atoms. The zero-order chi connectivity index (χ0) is 16.4. The average molecular weight is 313 g/mol. The summed E-state index contributed by atoms with van der Waals surface area (Å²) in [6.07, 6.45) is 0.298. The van der Waals surface area contributed by atoms with Crippen molar-refractivity contribution in [1.29, 1.82) is 0 Å². The highest BCUT2D eigenvalue weighted by molar-refractivity contribution is 5.98. The molecule has 0 unspecified atom stereocenters. The summed E-state index contributed by atoms with van der Waals surface area (Å²) in [5.74, 6) is -3.54. The third kappa shape index (κ3) is 2.87. The van der Waals surface area contributed by atoms with Crippen LogP contribution in [0.4, 0.5) is 8.78 Å². The minimum atomic E-state index is -0.981. The molecule has 120 valence electrons. The van der Waals surface area contributed by atoms with Crippen molar-refractivity contribution in [2.75, 3.05) is 20.7 Å². The number of ether oxygens (including phenoxy) is 1. The van der Waals surface area contributed by atoms with Gasteiger partial charge in [0.15, 0.2) is 17.4 Å². The summed E-state index contributed by atoms with van der Waals surface area (Å²) < 4.78 is 32.0. The summed E-state index contributed by atoms with van der Waals surface area (Å²) >= 11 is 0. The van der Waals surface area contributed by atoms with Crippen LogP contribution in [-0.4, -0.2) is 49.5 Å². The maximum Gasteiger partial charge on any atom is 0.254 e. The van der Waals surface area contributed by atoms with Crippen LogP contribution in [0.3, 0.4) is 0 Å². The second-order valence-corrected chi connectivity index (χ2v) is 5.06. The molecule has 0 saturated carbocycles. The monoisotopic (exact) mass is 313 g/mol. The maximum atomic E-state index is 13.7. The zero-order valence-corrected chi connectivity index (χ0v) is 12.2. The van der Waals surface area contributed by atoms with E-state index in [0.717, 1.165) is 19.2 Å². The van der Waals surface area contributed by atoms with Crippen molar-refractivity contribution in [1.82, 2.24) is 10.2 Å². The van der Waals surface area contributed by atoms with Crippen molar-refractivity contribution in [3.8, 4) is 5.75 Å². The summed E-state index contributed by atoms with van der Waals surface area (Å²) in [5, 5.41) is 2.45. The van der Waals surface area contributed by atoms with Gasteiger partial charge in [0.25, 0.3) is 5.91 Å². The van der Waals surface area contributed by atoms with Crippen molar-refractivity contribution in [2.45, 2.75) is 18.5 Å². The average Bonchev–Trinajstić information content (AvgIpc) is 2.87. The van der Waals surface area contributed by atoms with Crippen LogP contribution in [0.25, 0.3) is 0 Å². The van der Waals surface area contributed by atoms with Crippen molar-refractivity contribution in [2.24, 2.45) is 5.73 Å². The predicted molar refractivity (Wildman–Crippen MR) is 74.4 cm³/mol. The van der Waals surface area contributed by atoms with Gasteiger partial charge >= 0.3 is 0 Å². The number of methoxy groups -OCH3 is 1. The molecule has 1 heterocycles. The van der Waals surface area contributed by atoms with Gasteiger partial charge in [-0.15, -0.1) is 0 Å². The number of carbonyl (C=O) groups is 2. The summed E-state index contributed by atoms with van der Waals surface area (Å²) in [7, 11) is 2.58. The molecule has 2 rings (SSSR count). The molecule has 1 aromatic carbocycles. The molecule has 1 aliphatic rings. The van der Waals surface area contributed by atoms with E-state index in [9.17, 15) is 18.4 Å². The van der Waals surface area contributed by atoms with Gasteiger partial charge in [-0.05, 0) is 18.6 Å². The van der Waals surface area contributed by atoms with Crippen molar-refractivity contribution >= 4 is 11.8 Å². The lowest BCUT2D eigenvalue weighted by molar-refractivity contribution is -0.124. The van der Waals surface area contributed by atoms with Gasteiger partial charge in [0.2, 0.25) is 5.91 Å². The number of carbonyl (C=O) groups excluding carboxylic acids is 2. The van der Waals surface area contributed by atoms with E-state index in [0.29, 0.717) is 6.42 Å². The van der Waals surface area contributed by atoms with Crippen molar-refractivity contribution < 1.29 is 23.1 Å². The number of nitrogens with zero attached hydrogens (tertiary/aromatic N) is 1. The smallest absolute Gasteiger partial charge is 0.254 e. The molecule has 1 aliphatic heterocycles. The summed E-state index contributed by atoms with van der Waals surface area (Å²) in [6.45, 7) is 0.145. The molecule has 1 saturated heterocycles. The fourth-order valence-corrected chi connectivity index (χ4v) is 2.55. The Kier molecular flexibility index (Phi) is 4.60. The number of amides is 2. The Hall–Kier alpha value is -2.22. The highest BCUT2D eigenvalue weighted by Crippen LogP contribution is 2.25. The Morgan fingerprint density at radius 2 is 1.95 bits per heavy atom. The lowest BCUT2D eigenvalue weighted by Gasteiger charge is -2.23. The Labute approximate surface area is 126 Å². The van der Waals surface area contributed by atoms with Crippen LogP contribution in [0.15, 0.2) is 12.1 Å². The minimum Gasteiger partial charge on any atom is -0.491 e. The van der Waals surface area contributed by atoms with E-state index in [1.165, 1.54) is 11.9 Å². The Bertz CT molecular complexity index is 586. The molecule has 0 aromatic heterocycles. The second kappa shape index (κ2) is 6.27. The van der Waals surface area contributed by atoms with Crippen LogP contribution in [0.2, 0.25) is 0 Å². The molecular weight excluding hydrogens is 296 g/mol. The van der Waals surface area contributed by atoms with Crippen LogP contribution in [0.5, 0.6) is 5.75 Å². The van der Waals surface area contributed by atoms with E-state index >= 15 is 0 Å². The maximum absolute atomic E-state index is 13.7. The zero-order valence-electron chi connectivity index (χ0n) is 12.2. The summed E-state index contributed by atoms with van der Waals surface area (Å²) in [4.78, 5) is 25.5. The number of rotatable bonds is 3. The number of likely N-dealkylation sites (tertiary alicyclic amines) is 1. The number of halogens is 2. The highest BCUT2D eigenvalue weighted by Gasteiger charge is 2.38. The molecule has 2 amide bonds. The van der Waals surface area contributed by atoms with Crippen LogP contribution >= 0.6 is 0 Å². The van der Waals surface area contributed by atoms with E-state index < -0.39 is 29.3 Å². The van der Waals surface area contributed by atoms with Crippen LogP contribution in [-0.2, 0) is 4.79 Å². The lowest BCUT2D eigenvalue weighted by Crippen LogP contribution is -2.45. The van der Waals surface area contributed by atoms with E-state index in [1.54, 1.807) is 0 Å². The molecular formula is C14H17F2N3O3. The second-order valence-electron chi connectivity index (χ2n) is 5.06. The molecule has 0 radical (unpaired) electrons. The van der Waals surface area contributed by atoms with E-state index in [2.05, 4.69) is 10.1 Å². The molecule has 0 aliphatic carbocycles. The molecule has 3 N–H and O–H groups in total. The summed E-state index contributed by atoms with van der Waals surface area (Å²) in [5.41, 5.74) is 5.59. The molecule has 2 atom stereocenters. The SMILES string of the molecule is CNC(=O)[C@@H]1C[C@@H](N)CN1C(=O)c1cc(F)c(OC)c(F)c1. The van der Waals surface area contributed by atoms with Gasteiger partial charge in [-0.25, -0.2) is 8.78 Å². The van der Waals surface area contributed by atoms with Crippen molar-refractivity contribution in [3.05, 3.63) is 29.3 Å². The number of nitrogens with one attached hydrogen (secondary N) is 1. The topological polar surface area (TPSA) is 84.7 Å². The first-order valence-corrected chi connectivity index (χ1v) is 6.70. The van der Waals surface area contributed by atoms with Gasteiger partial charge in [-0.3, -0.25) is 9.59 Å². The summed E-state index contributed by atoms with van der Waals surface area (Å²) in [6, 6.07) is 0.657. The standard InChI is InChI=1S/C14H17F2N3O3/c1-18-13(20)11-5-8(17)6-19(11)14(21)7-3-9(15)12(22-2)10(16)4-7/h3-4,8,11H,5-6,17H2,1-2H3,(H,18,20)/t8-,11+/m1/s1. The van der Waals surface area contributed by atoms with E-state index in [4.69, 9.17) is 5.73 Å². The van der Waals surface area contributed by atoms with E-state index in [1.807, 2.05) is 0 Å². The molecule has 1 fully saturated rings. The third-order valence-corrected chi connectivity index (χ3v) is 3.59. The quantitative estimate of drug-likeness (QED) is 0.838. The third-order valence-electron chi connectivity index (χ3n) is 3.59. The lowest BCUT2D eigenvalue weighted by atomic mass is 10.1. The fraction of sp³-hybridized carbons (Fsp3) is 0.429. The largest absolute Gasteiger partial charge is 0.491 e. The molecule has 1 aromatic rings. The first kappa shape index (κ1) is 16.2. The minimum absolute atomic E-state index is 0.145. The Morgan fingerprint density at radius 3 is 2.45 bits per heavy atom. The molecule has 8 heteroatoms. The van der Waals surface area contributed by atoms with Gasteiger partial charge in [0, 0.05) is 25.2 Å². The molecule has 0 spiro atoms. The Balaban J connectivity index is 2.33. The van der Waals surface area contributed by atoms with Gasteiger partial charge in [-0.1, -0.05) is 0 Å². The van der Waals surface area contributed by atoms with Crippen LogP contribution in [0, 0.1) is 11.6 Å². The Morgan fingerprint density at radius 1 is 1.36 bits per heavy atom. The number of benzene rings is 1. The van der Waals surface area contributed by atoms with Gasteiger partial charge < -0.3 is 20.7 Å². The molecule has 0 bridgehead atoms.